The Morgan fingerprint density at radius 2 is 2.07 bits per heavy atom. The van der Waals surface area contributed by atoms with E-state index in [2.05, 4.69) is 39.3 Å². The van der Waals surface area contributed by atoms with Crippen LogP contribution in [0.3, 0.4) is 0 Å². The summed E-state index contributed by atoms with van der Waals surface area (Å²) < 4.78 is 1.86. The molecule has 138 valence electrons. The van der Waals surface area contributed by atoms with Gasteiger partial charge in [0, 0.05) is 16.5 Å². The van der Waals surface area contributed by atoms with E-state index in [0.717, 1.165) is 26.7 Å². The SMILES string of the molecule is Cc1nc(SCC(=O)NCc2nnc3ccccn23)c2c(C)c(C)sc2n1. The minimum Gasteiger partial charge on any atom is -0.348 e. The van der Waals surface area contributed by atoms with Crippen LogP contribution in [-0.4, -0.2) is 36.2 Å². The third-order valence-corrected chi connectivity index (χ3v) is 6.35. The number of fused-ring (bicyclic) bond motifs is 2. The van der Waals surface area contributed by atoms with E-state index >= 15 is 0 Å². The zero-order valence-corrected chi connectivity index (χ0v) is 16.8. The molecule has 0 aliphatic heterocycles. The summed E-state index contributed by atoms with van der Waals surface area (Å²) in [7, 11) is 0. The van der Waals surface area contributed by atoms with Crippen LogP contribution >= 0.6 is 23.1 Å². The first-order valence-electron chi connectivity index (χ1n) is 8.45. The second kappa shape index (κ2) is 7.24. The number of carbonyl (C=O) groups excluding carboxylic acids is 1. The summed E-state index contributed by atoms with van der Waals surface area (Å²) in [6.45, 7) is 6.37. The van der Waals surface area contributed by atoms with Gasteiger partial charge in [-0.05, 0) is 38.5 Å². The Kier molecular flexibility index (Phi) is 4.79. The van der Waals surface area contributed by atoms with Crippen LogP contribution in [0, 0.1) is 20.8 Å². The molecule has 4 rings (SSSR count). The van der Waals surface area contributed by atoms with Gasteiger partial charge < -0.3 is 5.32 Å². The summed E-state index contributed by atoms with van der Waals surface area (Å²) in [6.07, 6.45) is 1.88. The van der Waals surface area contributed by atoms with Gasteiger partial charge >= 0.3 is 0 Å². The van der Waals surface area contributed by atoms with Crippen molar-refractivity contribution in [1.29, 1.82) is 0 Å². The molecule has 0 radical (unpaired) electrons. The van der Waals surface area contributed by atoms with Crippen LogP contribution in [0.1, 0.15) is 22.1 Å². The minimum atomic E-state index is -0.0679. The Hall–Kier alpha value is -2.52. The normalized spacial score (nSPS) is 11.4. The lowest BCUT2D eigenvalue weighted by Crippen LogP contribution is -2.25. The molecule has 9 heteroatoms. The molecule has 4 aromatic rings. The lowest BCUT2D eigenvalue weighted by molar-refractivity contribution is -0.118. The Morgan fingerprint density at radius 1 is 1.22 bits per heavy atom. The van der Waals surface area contributed by atoms with Crippen LogP contribution in [0.2, 0.25) is 0 Å². The van der Waals surface area contributed by atoms with Crippen LogP contribution < -0.4 is 5.32 Å². The third kappa shape index (κ3) is 3.52. The molecule has 0 fully saturated rings. The van der Waals surface area contributed by atoms with E-state index < -0.39 is 0 Å². The number of amides is 1. The average molecular weight is 399 g/mol. The standard InChI is InChI=1S/C18H18N6OS2/c1-10-11(2)27-18-16(10)17(20-12(3)21-18)26-9-15(25)19-8-14-23-22-13-6-4-5-7-24(13)14/h4-7H,8-9H2,1-3H3,(H,19,25). The van der Waals surface area contributed by atoms with E-state index in [0.29, 0.717) is 12.4 Å². The number of carbonyl (C=O) groups is 1. The molecule has 0 aliphatic carbocycles. The van der Waals surface area contributed by atoms with Crippen LogP contribution in [0.5, 0.6) is 0 Å². The van der Waals surface area contributed by atoms with E-state index in [9.17, 15) is 4.79 Å². The van der Waals surface area contributed by atoms with E-state index in [4.69, 9.17) is 0 Å². The van der Waals surface area contributed by atoms with Gasteiger partial charge in [-0.3, -0.25) is 9.20 Å². The van der Waals surface area contributed by atoms with Crippen LogP contribution in [-0.2, 0) is 11.3 Å². The number of hydrogen-bond donors (Lipinski definition) is 1. The molecule has 4 aromatic heterocycles. The summed E-state index contributed by atoms with van der Waals surface area (Å²) in [6, 6.07) is 5.69. The number of rotatable bonds is 5. The topological polar surface area (TPSA) is 85.1 Å². The molecule has 1 N–H and O–H groups in total. The molecule has 0 saturated carbocycles. The fourth-order valence-corrected chi connectivity index (χ4v) is 4.89. The van der Waals surface area contributed by atoms with Gasteiger partial charge in [-0.25, -0.2) is 9.97 Å². The van der Waals surface area contributed by atoms with Gasteiger partial charge in [-0.1, -0.05) is 17.8 Å². The highest BCUT2D eigenvalue weighted by Gasteiger charge is 2.15. The number of pyridine rings is 1. The molecule has 0 aliphatic rings. The first-order chi connectivity index (χ1) is 13.0. The van der Waals surface area contributed by atoms with Gasteiger partial charge in [0.2, 0.25) is 5.91 Å². The molecule has 27 heavy (non-hydrogen) atoms. The van der Waals surface area contributed by atoms with E-state index in [-0.39, 0.29) is 11.7 Å². The first kappa shape index (κ1) is 17.9. The molecule has 0 saturated heterocycles. The number of hydrogen-bond acceptors (Lipinski definition) is 7. The van der Waals surface area contributed by atoms with Gasteiger partial charge in [-0.2, -0.15) is 0 Å². The number of aryl methyl sites for hydroxylation is 3. The number of nitrogens with zero attached hydrogens (tertiary/aromatic N) is 5. The lowest BCUT2D eigenvalue weighted by atomic mass is 10.2. The lowest BCUT2D eigenvalue weighted by Gasteiger charge is -2.06. The van der Waals surface area contributed by atoms with Gasteiger partial charge in [0.15, 0.2) is 11.5 Å². The van der Waals surface area contributed by atoms with Crippen molar-refractivity contribution in [1.82, 2.24) is 29.9 Å². The number of aromatic nitrogens is 5. The molecule has 0 aromatic carbocycles. The Morgan fingerprint density at radius 3 is 2.93 bits per heavy atom. The number of nitrogens with one attached hydrogen (secondary N) is 1. The first-order valence-corrected chi connectivity index (χ1v) is 10.3. The third-order valence-electron chi connectivity index (χ3n) is 4.28. The quantitative estimate of drug-likeness (QED) is 0.411. The Labute approximate surface area is 164 Å². The molecule has 1 amide bonds. The van der Waals surface area contributed by atoms with Crippen molar-refractivity contribution in [3.63, 3.8) is 0 Å². The maximum Gasteiger partial charge on any atom is 0.230 e. The van der Waals surface area contributed by atoms with Crippen molar-refractivity contribution < 1.29 is 4.79 Å². The maximum absolute atomic E-state index is 12.3. The van der Waals surface area contributed by atoms with Crippen molar-refractivity contribution in [2.45, 2.75) is 32.3 Å². The predicted octanol–water partition coefficient (Wildman–Crippen LogP) is 3.07. The Bertz CT molecular complexity index is 1150. The van der Waals surface area contributed by atoms with E-state index in [1.807, 2.05) is 35.7 Å². The molecular formula is C18H18N6OS2. The number of thiophene rings is 1. The highest BCUT2D eigenvalue weighted by atomic mass is 32.2. The molecule has 0 atom stereocenters. The van der Waals surface area contributed by atoms with E-state index in [1.165, 1.54) is 22.2 Å². The van der Waals surface area contributed by atoms with Crippen molar-refractivity contribution >= 4 is 44.9 Å². The fourth-order valence-electron chi connectivity index (χ4n) is 2.79. The molecular weight excluding hydrogens is 380 g/mol. The average Bonchev–Trinajstić information content (AvgIpc) is 3.19. The second-order valence-electron chi connectivity index (χ2n) is 6.15. The monoisotopic (exact) mass is 398 g/mol. The van der Waals surface area contributed by atoms with E-state index in [1.54, 1.807) is 11.3 Å². The van der Waals surface area contributed by atoms with Crippen LogP contribution in [0.15, 0.2) is 29.4 Å². The van der Waals surface area contributed by atoms with Crippen LogP contribution in [0.25, 0.3) is 15.9 Å². The largest absolute Gasteiger partial charge is 0.348 e. The predicted molar refractivity (Wildman–Crippen MR) is 107 cm³/mol. The summed E-state index contributed by atoms with van der Waals surface area (Å²) >= 11 is 3.11. The molecule has 0 unspecified atom stereocenters. The van der Waals surface area contributed by atoms with Gasteiger partial charge in [-0.15, -0.1) is 21.5 Å². The summed E-state index contributed by atoms with van der Waals surface area (Å²) in [5.74, 6) is 1.65. The molecule has 7 nitrogen and oxygen atoms in total. The Balaban J connectivity index is 1.44. The highest BCUT2D eigenvalue weighted by molar-refractivity contribution is 8.00. The second-order valence-corrected chi connectivity index (χ2v) is 8.32. The van der Waals surface area contributed by atoms with Gasteiger partial charge in [0.05, 0.1) is 12.3 Å². The fraction of sp³-hybridized carbons (Fsp3) is 0.278. The number of thioether (sulfide) groups is 1. The van der Waals surface area contributed by atoms with Crippen molar-refractivity contribution in [3.8, 4) is 0 Å². The maximum atomic E-state index is 12.3. The summed E-state index contributed by atoms with van der Waals surface area (Å²) in [5, 5.41) is 13.0. The molecule has 0 bridgehead atoms. The minimum absolute atomic E-state index is 0.0679. The summed E-state index contributed by atoms with van der Waals surface area (Å²) in [5.41, 5.74) is 1.95. The van der Waals surface area contributed by atoms with Crippen molar-refractivity contribution in [2.75, 3.05) is 5.75 Å². The smallest absolute Gasteiger partial charge is 0.230 e. The van der Waals surface area contributed by atoms with Crippen molar-refractivity contribution in [2.24, 2.45) is 0 Å². The zero-order chi connectivity index (χ0) is 19.0. The summed E-state index contributed by atoms with van der Waals surface area (Å²) in [4.78, 5) is 23.6. The van der Waals surface area contributed by atoms with Crippen molar-refractivity contribution in [3.05, 3.63) is 46.5 Å². The van der Waals surface area contributed by atoms with Gasteiger partial charge in [0.1, 0.15) is 15.7 Å². The van der Waals surface area contributed by atoms with Crippen LogP contribution in [0.4, 0.5) is 0 Å². The van der Waals surface area contributed by atoms with Gasteiger partial charge in [0.25, 0.3) is 0 Å². The zero-order valence-electron chi connectivity index (χ0n) is 15.2. The molecule has 4 heterocycles. The highest BCUT2D eigenvalue weighted by Crippen LogP contribution is 2.34. The molecule has 0 spiro atoms.